The van der Waals surface area contributed by atoms with Crippen molar-refractivity contribution in [2.75, 3.05) is 0 Å². The highest BCUT2D eigenvalue weighted by atomic mass is 15.0. The molecule has 0 radical (unpaired) electrons. The Morgan fingerprint density at radius 2 is 0.863 bits per heavy atom. The zero-order valence-electron chi connectivity index (χ0n) is 28.3. The van der Waals surface area contributed by atoms with Gasteiger partial charge in [-0.05, 0) is 79.5 Å². The molecule has 4 heteroatoms. The summed E-state index contributed by atoms with van der Waals surface area (Å²) in [5.74, 6) is 1.90. The van der Waals surface area contributed by atoms with Gasteiger partial charge in [-0.2, -0.15) is 5.26 Å². The fraction of sp³-hybridized carbons (Fsp3) is 0.0638. The molecule has 0 spiro atoms. The van der Waals surface area contributed by atoms with Crippen LogP contribution in [-0.4, -0.2) is 15.0 Å². The first-order valence-corrected chi connectivity index (χ1v) is 17.2. The molecule has 9 rings (SSSR count). The van der Waals surface area contributed by atoms with Crippen molar-refractivity contribution in [3.8, 4) is 73.6 Å². The van der Waals surface area contributed by atoms with E-state index in [4.69, 9.17) is 15.0 Å². The van der Waals surface area contributed by atoms with Crippen molar-refractivity contribution in [3.63, 3.8) is 0 Å². The third-order valence-electron chi connectivity index (χ3n) is 10.2. The summed E-state index contributed by atoms with van der Waals surface area (Å²) in [5.41, 5.74) is 12.8. The maximum absolute atomic E-state index is 9.59. The predicted octanol–water partition coefficient (Wildman–Crippen LogP) is 11.5. The number of hydrogen-bond donors (Lipinski definition) is 0. The van der Waals surface area contributed by atoms with Crippen LogP contribution in [0.3, 0.4) is 0 Å². The van der Waals surface area contributed by atoms with Crippen molar-refractivity contribution in [3.05, 3.63) is 174 Å². The Hall–Kier alpha value is -6.70. The van der Waals surface area contributed by atoms with Gasteiger partial charge in [0.1, 0.15) is 0 Å². The summed E-state index contributed by atoms with van der Waals surface area (Å²) in [6.45, 7) is 4.50. The van der Waals surface area contributed by atoms with Crippen LogP contribution in [-0.2, 0) is 5.41 Å². The summed E-state index contributed by atoms with van der Waals surface area (Å²) in [4.78, 5) is 15.2. The first-order chi connectivity index (χ1) is 25.0. The molecule has 8 aromatic rings. The molecule has 0 N–H and O–H groups in total. The summed E-state index contributed by atoms with van der Waals surface area (Å²) >= 11 is 0. The Kier molecular flexibility index (Phi) is 7.15. The standard InChI is InChI=1S/C47H32N4/c1-47(2)42-27-30(29-48)17-23-39(42)40-24-22-35(28-43(40)47)36-25-26-41(38-16-10-9-15-37(36)38)46-50-44(33-13-7-4-8-14-33)49-45(51-46)34-20-18-32(19-21-34)31-11-5-3-6-12-31/h3-28H,1-2H3. The van der Waals surface area contributed by atoms with Crippen molar-refractivity contribution in [1.82, 2.24) is 15.0 Å². The van der Waals surface area contributed by atoms with Crippen LogP contribution < -0.4 is 0 Å². The normalized spacial score (nSPS) is 12.6. The molecule has 0 fully saturated rings. The van der Waals surface area contributed by atoms with Gasteiger partial charge in [0.15, 0.2) is 17.5 Å². The Morgan fingerprint density at radius 1 is 0.412 bits per heavy atom. The average Bonchev–Trinajstić information content (AvgIpc) is 3.42. The van der Waals surface area contributed by atoms with E-state index >= 15 is 0 Å². The van der Waals surface area contributed by atoms with E-state index in [1.54, 1.807) is 0 Å². The van der Waals surface area contributed by atoms with Crippen molar-refractivity contribution in [1.29, 1.82) is 5.26 Å². The quantitative estimate of drug-likeness (QED) is 0.186. The molecule has 0 atom stereocenters. The summed E-state index contributed by atoms with van der Waals surface area (Å²) < 4.78 is 0. The van der Waals surface area contributed by atoms with Gasteiger partial charge in [-0.15, -0.1) is 0 Å². The fourth-order valence-electron chi connectivity index (χ4n) is 7.50. The second-order valence-electron chi connectivity index (χ2n) is 13.6. The topological polar surface area (TPSA) is 62.5 Å². The van der Waals surface area contributed by atoms with Crippen LogP contribution in [0, 0.1) is 11.3 Å². The highest BCUT2D eigenvalue weighted by Gasteiger charge is 2.36. The Morgan fingerprint density at radius 3 is 1.53 bits per heavy atom. The number of aromatic nitrogens is 3. The molecule has 1 aromatic heterocycles. The van der Waals surface area contributed by atoms with Crippen molar-refractivity contribution >= 4 is 10.8 Å². The summed E-state index contributed by atoms with van der Waals surface area (Å²) in [5, 5.41) is 11.8. The average molecular weight is 653 g/mol. The molecule has 1 heterocycles. The lowest BCUT2D eigenvalue weighted by Gasteiger charge is -2.22. The third-order valence-corrected chi connectivity index (χ3v) is 10.2. The van der Waals surface area contributed by atoms with Crippen LogP contribution in [0.1, 0.15) is 30.5 Å². The molecule has 0 saturated carbocycles. The van der Waals surface area contributed by atoms with Gasteiger partial charge in [0.25, 0.3) is 0 Å². The van der Waals surface area contributed by atoms with Gasteiger partial charge >= 0.3 is 0 Å². The van der Waals surface area contributed by atoms with E-state index in [1.807, 2.05) is 48.5 Å². The Bertz CT molecular complexity index is 2650. The molecule has 51 heavy (non-hydrogen) atoms. The molecule has 0 saturated heterocycles. The first-order valence-electron chi connectivity index (χ1n) is 17.2. The minimum absolute atomic E-state index is 0.225. The van der Waals surface area contributed by atoms with Gasteiger partial charge in [-0.1, -0.05) is 147 Å². The molecule has 0 bridgehead atoms. The van der Waals surface area contributed by atoms with Gasteiger partial charge in [-0.3, -0.25) is 0 Å². The SMILES string of the molecule is CC1(C)c2cc(C#N)ccc2-c2ccc(-c3ccc(-c4nc(-c5ccccc5)nc(-c5ccc(-c6ccccc6)cc5)n4)c4ccccc34)cc21. The maximum atomic E-state index is 9.59. The molecule has 240 valence electrons. The molecule has 7 aromatic carbocycles. The predicted molar refractivity (Wildman–Crippen MR) is 207 cm³/mol. The molecular weight excluding hydrogens is 621 g/mol. The highest BCUT2D eigenvalue weighted by molar-refractivity contribution is 6.04. The lowest BCUT2D eigenvalue weighted by atomic mass is 9.81. The van der Waals surface area contributed by atoms with Crippen LogP contribution in [0.15, 0.2) is 158 Å². The smallest absolute Gasteiger partial charge is 0.164 e. The number of hydrogen-bond acceptors (Lipinski definition) is 4. The van der Waals surface area contributed by atoms with E-state index in [9.17, 15) is 5.26 Å². The molecule has 0 aliphatic heterocycles. The van der Waals surface area contributed by atoms with E-state index in [2.05, 4.69) is 129 Å². The van der Waals surface area contributed by atoms with E-state index in [-0.39, 0.29) is 5.41 Å². The van der Waals surface area contributed by atoms with Crippen molar-refractivity contribution in [2.45, 2.75) is 19.3 Å². The monoisotopic (exact) mass is 652 g/mol. The van der Waals surface area contributed by atoms with Crippen LogP contribution in [0.5, 0.6) is 0 Å². The zero-order chi connectivity index (χ0) is 34.5. The largest absolute Gasteiger partial charge is 0.208 e. The van der Waals surface area contributed by atoms with Crippen LogP contribution in [0.25, 0.3) is 78.3 Å². The number of fused-ring (bicyclic) bond motifs is 4. The number of nitrogens with zero attached hydrogens (tertiary/aromatic N) is 4. The number of rotatable bonds is 5. The molecule has 1 aliphatic rings. The Labute approximate surface area is 297 Å². The van der Waals surface area contributed by atoms with Gasteiger partial charge in [0.2, 0.25) is 0 Å². The van der Waals surface area contributed by atoms with Gasteiger partial charge < -0.3 is 0 Å². The van der Waals surface area contributed by atoms with Crippen molar-refractivity contribution < 1.29 is 0 Å². The summed E-state index contributed by atoms with van der Waals surface area (Å²) in [6, 6.07) is 56.9. The minimum Gasteiger partial charge on any atom is -0.208 e. The molecule has 0 amide bonds. The van der Waals surface area contributed by atoms with Gasteiger partial charge in [-0.25, -0.2) is 15.0 Å². The van der Waals surface area contributed by atoms with Gasteiger partial charge in [0.05, 0.1) is 11.6 Å². The zero-order valence-corrected chi connectivity index (χ0v) is 28.3. The Balaban J connectivity index is 1.17. The van der Waals surface area contributed by atoms with Crippen molar-refractivity contribution in [2.24, 2.45) is 0 Å². The lowest BCUT2D eigenvalue weighted by molar-refractivity contribution is 0.660. The summed E-state index contributed by atoms with van der Waals surface area (Å²) in [7, 11) is 0. The number of benzene rings is 7. The van der Waals surface area contributed by atoms with Gasteiger partial charge in [0, 0.05) is 22.1 Å². The molecule has 4 nitrogen and oxygen atoms in total. The lowest BCUT2D eigenvalue weighted by Crippen LogP contribution is -2.15. The van der Waals surface area contributed by atoms with Crippen LogP contribution in [0.4, 0.5) is 0 Å². The molecule has 1 aliphatic carbocycles. The van der Waals surface area contributed by atoms with E-state index in [1.165, 1.54) is 27.8 Å². The van der Waals surface area contributed by atoms with E-state index in [0.717, 1.165) is 44.2 Å². The highest BCUT2D eigenvalue weighted by Crippen LogP contribution is 2.50. The molecular formula is C47H32N4. The molecule has 0 unspecified atom stereocenters. The summed E-state index contributed by atoms with van der Waals surface area (Å²) in [6.07, 6.45) is 0. The van der Waals surface area contributed by atoms with Crippen LogP contribution in [0.2, 0.25) is 0 Å². The first kappa shape index (κ1) is 30.4. The maximum Gasteiger partial charge on any atom is 0.164 e. The van der Waals surface area contributed by atoms with E-state index in [0.29, 0.717) is 23.0 Å². The minimum atomic E-state index is -0.225. The second-order valence-corrected chi connectivity index (χ2v) is 13.6. The van der Waals surface area contributed by atoms with E-state index < -0.39 is 0 Å². The second kappa shape index (κ2) is 12.0. The third kappa shape index (κ3) is 5.19. The fourth-order valence-corrected chi connectivity index (χ4v) is 7.50. The number of nitriles is 1. The van der Waals surface area contributed by atoms with Crippen LogP contribution >= 0.6 is 0 Å².